The highest BCUT2D eigenvalue weighted by molar-refractivity contribution is 6.12. The zero-order chi connectivity index (χ0) is 23.1. The van der Waals surface area contributed by atoms with Crippen molar-refractivity contribution in [1.82, 2.24) is 0 Å². The van der Waals surface area contributed by atoms with E-state index < -0.39 is 11.9 Å². The number of methoxy groups -OCH3 is 3. The normalized spacial score (nSPS) is 10.6. The van der Waals surface area contributed by atoms with E-state index in [0.29, 0.717) is 22.8 Å². The molecule has 0 bridgehead atoms. The molecule has 9 nitrogen and oxygen atoms in total. The minimum absolute atomic E-state index is 0.0716. The molecule has 0 saturated carbocycles. The highest BCUT2D eigenvalue weighted by Crippen LogP contribution is 2.38. The van der Waals surface area contributed by atoms with Crippen molar-refractivity contribution in [3.8, 4) is 17.2 Å². The van der Waals surface area contributed by atoms with E-state index in [1.807, 2.05) is 0 Å². The largest absolute Gasteiger partial charge is 0.493 e. The number of nitrogens with one attached hydrogen (secondary N) is 1. The molecule has 0 radical (unpaired) electrons. The molecule has 2 aromatic rings. The van der Waals surface area contributed by atoms with Gasteiger partial charge in [-0.2, -0.15) is 0 Å². The molecule has 0 spiro atoms. The van der Waals surface area contributed by atoms with E-state index in [1.54, 1.807) is 19.1 Å². The van der Waals surface area contributed by atoms with Crippen molar-refractivity contribution >= 4 is 29.6 Å². The van der Waals surface area contributed by atoms with E-state index in [0.717, 1.165) is 0 Å². The van der Waals surface area contributed by atoms with Crippen LogP contribution < -0.4 is 19.5 Å². The first-order valence-electron chi connectivity index (χ1n) is 9.37. The fraction of sp³-hybridized carbons (Fsp3) is 0.318. The number of amides is 1. The molecule has 0 aliphatic heterocycles. The van der Waals surface area contributed by atoms with Crippen molar-refractivity contribution in [2.75, 3.05) is 33.3 Å². The van der Waals surface area contributed by atoms with Crippen LogP contribution in [0.15, 0.2) is 22.6 Å². The first-order chi connectivity index (χ1) is 14.8. The van der Waals surface area contributed by atoms with Crippen LogP contribution in [-0.2, 0) is 9.53 Å². The Bertz CT molecular complexity index is 994. The summed E-state index contributed by atoms with van der Waals surface area (Å²) < 4.78 is 26.3. The highest BCUT2D eigenvalue weighted by Gasteiger charge is 2.28. The van der Waals surface area contributed by atoms with Crippen LogP contribution in [-0.4, -0.2) is 45.6 Å². The standard InChI is InChI=1S/C22H25NO8/c1-7-30-22(26)19-18(12(2)24)13(3)31-21(19)23-17(25)9-8-14-10-15(27-4)20(29-6)16(11-14)28-5/h8-11H,7H2,1-6H3,(H,23,25)/b9-8+. The van der Waals surface area contributed by atoms with Gasteiger partial charge >= 0.3 is 5.97 Å². The van der Waals surface area contributed by atoms with E-state index in [9.17, 15) is 14.4 Å². The van der Waals surface area contributed by atoms with Crippen LogP contribution in [0, 0.1) is 6.92 Å². The molecule has 1 aromatic heterocycles. The highest BCUT2D eigenvalue weighted by atomic mass is 16.5. The summed E-state index contributed by atoms with van der Waals surface area (Å²) >= 11 is 0. The van der Waals surface area contributed by atoms with Crippen molar-refractivity contribution in [3.63, 3.8) is 0 Å². The van der Waals surface area contributed by atoms with E-state index in [2.05, 4.69) is 5.32 Å². The molecule has 0 atom stereocenters. The summed E-state index contributed by atoms with van der Waals surface area (Å²) in [6, 6.07) is 3.33. The van der Waals surface area contributed by atoms with Crippen LogP contribution >= 0.6 is 0 Å². The van der Waals surface area contributed by atoms with Gasteiger partial charge in [-0.3, -0.25) is 14.9 Å². The van der Waals surface area contributed by atoms with Gasteiger partial charge in [0.15, 0.2) is 17.3 Å². The number of benzene rings is 1. The molecule has 1 amide bonds. The number of Topliss-reactive ketones (excluding diaryl/α,β-unsaturated/α-hetero) is 1. The van der Waals surface area contributed by atoms with Gasteiger partial charge in [0.05, 0.1) is 33.5 Å². The van der Waals surface area contributed by atoms with Gasteiger partial charge in [-0.15, -0.1) is 0 Å². The van der Waals surface area contributed by atoms with E-state index in [4.69, 9.17) is 23.4 Å². The fourth-order valence-electron chi connectivity index (χ4n) is 2.98. The lowest BCUT2D eigenvalue weighted by Gasteiger charge is -2.12. The maximum atomic E-state index is 12.5. The van der Waals surface area contributed by atoms with Gasteiger partial charge in [-0.1, -0.05) is 0 Å². The molecule has 31 heavy (non-hydrogen) atoms. The van der Waals surface area contributed by atoms with Crippen LogP contribution in [0.3, 0.4) is 0 Å². The summed E-state index contributed by atoms with van der Waals surface area (Å²) in [6.45, 7) is 4.57. The van der Waals surface area contributed by atoms with Crippen molar-refractivity contribution in [2.45, 2.75) is 20.8 Å². The smallest absolute Gasteiger partial charge is 0.344 e. The van der Waals surface area contributed by atoms with Gasteiger partial charge in [0, 0.05) is 6.08 Å². The summed E-state index contributed by atoms with van der Waals surface area (Å²) in [4.78, 5) is 36.7. The van der Waals surface area contributed by atoms with Gasteiger partial charge in [0.1, 0.15) is 11.3 Å². The number of esters is 1. The maximum Gasteiger partial charge on any atom is 0.344 e. The molecule has 0 aliphatic rings. The Hall–Kier alpha value is -3.75. The lowest BCUT2D eigenvalue weighted by atomic mass is 10.1. The van der Waals surface area contributed by atoms with E-state index in [1.165, 1.54) is 47.3 Å². The van der Waals surface area contributed by atoms with Crippen molar-refractivity contribution in [2.24, 2.45) is 0 Å². The Labute approximate surface area is 179 Å². The van der Waals surface area contributed by atoms with E-state index in [-0.39, 0.29) is 35.2 Å². The summed E-state index contributed by atoms with van der Waals surface area (Å²) in [5.41, 5.74) is 0.569. The molecule has 1 heterocycles. The van der Waals surface area contributed by atoms with Crippen molar-refractivity contribution in [3.05, 3.63) is 40.7 Å². The summed E-state index contributed by atoms with van der Waals surface area (Å²) in [5, 5.41) is 2.48. The monoisotopic (exact) mass is 431 g/mol. The predicted molar refractivity (Wildman–Crippen MR) is 113 cm³/mol. The zero-order valence-corrected chi connectivity index (χ0v) is 18.3. The number of hydrogen-bond donors (Lipinski definition) is 1. The first-order valence-corrected chi connectivity index (χ1v) is 9.37. The van der Waals surface area contributed by atoms with Crippen molar-refractivity contribution in [1.29, 1.82) is 0 Å². The number of anilines is 1. The van der Waals surface area contributed by atoms with Gasteiger partial charge < -0.3 is 23.4 Å². The minimum atomic E-state index is -0.756. The number of ketones is 1. The third-order valence-electron chi connectivity index (χ3n) is 4.27. The summed E-state index contributed by atoms with van der Waals surface area (Å²) in [5.74, 6) is -0.374. The second kappa shape index (κ2) is 10.3. The molecule has 166 valence electrons. The second-order valence-corrected chi connectivity index (χ2v) is 6.30. The molecule has 1 N–H and O–H groups in total. The number of hydrogen-bond acceptors (Lipinski definition) is 8. The summed E-state index contributed by atoms with van der Waals surface area (Å²) in [6.07, 6.45) is 2.76. The molecule has 0 aliphatic carbocycles. The van der Waals surface area contributed by atoms with Gasteiger partial charge in [0.25, 0.3) is 5.91 Å². The number of rotatable bonds is 9. The minimum Gasteiger partial charge on any atom is -0.493 e. The molecule has 0 unspecified atom stereocenters. The number of ether oxygens (including phenoxy) is 4. The number of carbonyl (C=O) groups is 3. The topological polar surface area (TPSA) is 113 Å². The van der Waals surface area contributed by atoms with Crippen LogP contribution in [0.1, 0.15) is 45.9 Å². The van der Waals surface area contributed by atoms with Crippen LogP contribution in [0.25, 0.3) is 6.08 Å². The molecule has 0 fully saturated rings. The Morgan fingerprint density at radius 3 is 2.13 bits per heavy atom. The Morgan fingerprint density at radius 1 is 1.03 bits per heavy atom. The number of aryl methyl sites for hydroxylation is 1. The molecule has 1 aromatic carbocycles. The predicted octanol–water partition coefficient (Wildman–Crippen LogP) is 3.65. The second-order valence-electron chi connectivity index (χ2n) is 6.30. The van der Waals surface area contributed by atoms with Gasteiger partial charge in [0.2, 0.25) is 11.6 Å². The third-order valence-corrected chi connectivity index (χ3v) is 4.27. The SMILES string of the molecule is CCOC(=O)c1c(NC(=O)/C=C/c2cc(OC)c(OC)c(OC)c2)oc(C)c1C(C)=O. The molecule has 2 rings (SSSR count). The molecular weight excluding hydrogens is 406 g/mol. The molecule has 9 heteroatoms. The maximum absolute atomic E-state index is 12.5. The lowest BCUT2D eigenvalue weighted by Crippen LogP contribution is -2.14. The number of furan rings is 1. The zero-order valence-electron chi connectivity index (χ0n) is 18.3. The molecule has 0 saturated heterocycles. The van der Waals surface area contributed by atoms with Gasteiger partial charge in [-0.25, -0.2) is 4.79 Å². The first kappa shape index (κ1) is 23.5. The van der Waals surface area contributed by atoms with Crippen LogP contribution in [0.2, 0.25) is 0 Å². The fourth-order valence-corrected chi connectivity index (χ4v) is 2.98. The Morgan fingerprint density at radius 2 is 1.65 bits per heavy atom. The Balaban J connectivity index is 2.33. The average molecular weight is 431 g/mol. The van der Waals surface area contributed by atoms with E-state index >= 15 is 0 Å². The average Bonchev–Trinajstić information content (AvgIpc) is 3.07. The summed E-state index contributed by atoms with van der Waals surface area (Å²) in [7, 11) is 4.46. The van der Waals surface area contributed by atoms with Gasteiger partial charge in [-0.05, 0) is 44.5 Å². The number of carbonyl (C=O) groups excluding carboxylic acids is 3. The third kappa shape index (κ3) is 5.25. The lowest BCUT2D eigenvalue weighted by molar-refractivity contribution is -0.111. The molecular formula is C22H25NO8. The Kier molecular flexibility index (Phi) is 7.84. The van der Waals surface area contributed by atoms with Crippen molar-refractivity contribution < 1.29 is 37.7 Å². The van der Waals surface area contributed by atoms with Crippen LogP contribution in [0.4, 0.5) is 5.88 Å². The quantitative estimate of drug-likeness (QED) is 0.364. The van der Waals surface area contributed by atoms with Crippen LogP contribution in [0.5, 0.6) is 17.2 Å².